The molecule has 3 nitrogen and oxygen atoms in total. The lowest BCUT2D eigenvalue weighted by atomic mass is 10.2. The van der Waals surface area contributed by atoms with Crippen LogP contribution in [0.1, 0.15) is 44.9 Å². The van der Waals surface area contributed by atoms with Gasteiger partial charge in [0.25, 0.3) is 0 Å². The fraction of sp³-hybridized carbons (Fsp3) is 0.923. The molecule has 0 aromatic rings. The zero-order valence-electron chi connectivity index (χ0n) is 11.0. The van der Waals surface area contributed by atoms with Gasteiger partial charge >= 0.3 is 0 Å². The average molecular weight is 258 g/mol. The Morgan fingerprint density at radius 1 is 1.24 bits per heavy atom. The summed E-state index contributed by atoms with van der Waals surface area (Å²) in [5.41, 5.74) is 0. The van der Waals surface area contributed by atoms with Gasteiger partial charge in [0.2, 0.25) is 5.91 Å². The monoisotopic (exact) mass is 258 g/mol. The summed E-state index contributed by atoms with van der Waals surface area (Å²) in [5, 5.41) is 6.30. The first-order valence-corrected chi connectivity index (χ1v) is 8.21. The van der Waals surface area contributed by atoms with Crippen molar-refractivity contribution in [2.45, 2.75) is 51.0 Å². The van der Waals surface area contributed by atoms with Crippen LogP contribution in [0.25, 0.3) is 0 Å². The number of nitrogens with one attached hydrogen (secondary N) is 2. The molecule has 0 aliphatic heterocycles. The molecule has 0 saturated heterocycles. The summed E-state index contributed by atoms with van der Waals surface area (Å²) >= 11 is 1.89. The third-order valence-electron chi connectivity index (χ3n) is 3.25. The SMILES string of the molecule is CSCCCCCNC(=O)CNC1CCCC1. The van der Waals surface area contributed by atoms with Crippen LogP contribution < -0.4 is 10.6 Å². The van der Waals surface area contributed by atoms with E-state index in [1.54, 1.807) is 0 Å². The average Bonchev–Trinajstić information content (AvgIpc) is 2.84. The van der Waals surface area contributed by atoms with Crippen molar-refractivity contribution >= 4 is 17.7 Å². The molecular formula is C13H26N2OS. The van der Waals surface area contributed by atoms with Gasteiger partial charge < -0.3 is 10.6 Å². The molecule has 0 radical (unpaired) electrons. The first-order valence-electron chi connectivity index (χ1n) is 6.82. The number of carbonyl (C=O) groups excluding carboxylic acids is 1. The molecule has 17 heavy (non-hydrogen) atoms. The van der Waals surface area contributed by atoms with E-state index in [0.29, 0.717) is 12.6 Å². The van der Waals surface area contributed by atoms with E-state index >= 15 is 0 Å². The van der Waals surface area contributed by atoms with Gasteiger partial charge in [0.1, 0.15) is 0 Å². The predicted octanol–water partition coefficient (Wildman–Crippen LogP) is 2.17. The summed E-state index contributed by atoms with van der Waals surface area (Å²) in [7, 11) is 0. The number of amides is 1. The van der Waals surface area contributed by atoms with E-state index in [1.165, 1.54) is 44.3 Å². The smallest absolute Gasteiger partial charge is 0.233 e. The summed E-state index contributed by atoms with van der Waals surface area (Å²) in [4.78, 5) is 11.5. The van der Waals surface area contributed by atoms with Gasteiger partial charge in [0, 0.05) is 12.6 Å². The van der Waals surface area contributed by atoms with Gasteiger partial charge in [-0.2, -0.15) is 11.8 Å². The van der Waals surface area contributed by atoms with Crippen LogP contribution in [-0.2, 0) is 4.79 Å². The lowest BCUT2D eigenvalue weighted by molar-refractivity contribution is -0.120. The first-order chi connectivity index (χ1) is 8.33. The topological polar surface area (TPSA) is 41.1 Å². The van der Waals surface area contributed by atoms with Gasteiger partial charge in [-0.05, 0) is 37.7 Å². The lowest BCUT2D eigenvalue weighted by Crippen LogP contribution is -2.38. The number of carbonyl (C=O) groups is 1. The van der Waals surface area contributed by atoms with Crippen LogP contribution in [0.5, 0.6) is 0 Å². The molecule has 0 aromatic heterocycles. The molecule has 0 heterocycles. The van der Waals surface area contributed by atoms with Crippen molar-refractivity contribution in [3.63, 3.8) is 0 Å². The Bertz CT molecular complexity index is 206. The number of rotatable bonds is 9. The molecule has 100 valence electrons. The molecule has 1 saturated carbocycles. The highest BCUT2D eigenvalue weighted by molar-refractivity contribution is 7.98. The Morgan fingerprint density at radius 3 is 2.71 bits per heavy atom. The Morgan fingerprint density at radius 2 is 2.00 bits per heavy atom. The maximum Gasteiger partial charge on any atom is 0.233 e. The van der Waals surface area contributed by atoms with E-state index in [-0.39, 0.29) is 5.91 Å². The summed E-state index contributed by atoms with van der Waals surface area (Å²) in [6, 6.07) is 0.585. The number of hydrogen-bond donors (Lipinski definition) is 2. The van der Waals surface area contributed by atoms with Crippen molar-refractivity contribution in [3.8, 4) is 0 Å². The molecule has 0 spiro atoms. The fourth-order valence-electron chi connectivity index (χ4n) is 2.21. The molecule has 1 fully saturated rings. The molecular weight excluding hydrogens is 232 g/mol. The molecule has 0 aromatic carbocycles. The van der Waals surface area contributed by atoms with E-state index < -0.39 is 0 Å². The number of unbranched alkanes of at least 4 members (excludes halogenated alkanes) is 2. The zero-order chi connectivity index (χ0) is 12.3. The van der Waals surface area contributed by atoms with Crippen LogP contribution in [0.3, 0.4) is 0 Å². The number of thioether (sulfide) groups is 1. The predicted molar refractivity (Wildman–Crippen MR) is 75.5 cm³/mol. The lowest BCUT2D eigenvalue weighted by Gasteiger charge is -2.11. The van der Waals surface area contributed by atoms with E-state index in [2.05, 4.69) is 16.9 Å². The molecule has 2 N–H and O–H groups in total. The van der Waals surface area contributed by atoms with Gasteiger partial charge in [-0.1, -0.05) is 19.3 Å². The first kappa shape index (κ1) is 14.8. The molecule has 0 unspecified atom stereocenters. The Hall–Kier alpha value is -0.220. The maximum atomic E-state index is 11.5. The Labute approximate surface area is 109 Å². The van der Waals surface area contributed by atoms with Crippen LogP contribution in [-0.4, -0.2) is 37.0 Å². The van der Waals surface area contributed by atoms with Crippen molar-refractivity contribution in [3.05, 3.63) is 0 Å². The van der Waals surface area contributed by atoms with Crippen molar-refractivity contribution in [2.75, 3.05) is 25.1 Å². The van der Waals surface area contributed by atoms with Crippen molar-refractivity contribution in [1.29, 1.82) is 0 Å². The van der Waals surface area contributed by atoms with Crippen LogP contribution in [0.2, 0.25) is 0 Å². The Balaban J connectivity index is 1.87. The minimum absolute atomic E-state index is 0.154. The van der Waals surface area contributed by atoms with Crippen LogP contribution in [0.4, 0.5) is 0 Å². The minimum atomic E-state index is 0.154. The molecule has 4 heteroatoms. The minimum Gasteiger partial charge on any atom is -0.355 e. The fourth-order valence-corrected chi connectivity index (χ4v) is 2.70. The highest BCUT2D eigenvalue weighted by Crippen LogP contribution is 2.17. The summed E-state index contributed by atoms with van der Waals surface area (Å²) in [5.74, 6) is 1.39. The second-order valence-electron chi connectivity index (χ2n) is 4.77. The molecule has 0 bridgehead atoms. The molecule has 1 aliphatic carbocycles. The van der Waals surface area contributed by atoms with Gasteiger partial charge in [-0.3, -0.25) is 4.79 Å². The number of hydrogen-bond acceptors (Lipinski definition) is 3. The maximum absolute atomic E-state index is 11.5. The van der Waals surface area contributed by atoms with E-state index in [0.717, 1.165) is 13.0 Å². The second kappa shape index (κ2) is 9.77. The van der Waals surface area contributed by atoms with Gasteiger partial charge in [0.05, 0.1) is 6.54 Å². The van der Waals surface area contributed by atoms with Crippen LogP contribution >= 0.6 is 11.8 Å². The van der Waals surface area contributed by atoms with Crippen LogP contribution in [0.15, 0.2) is 0 Å². The Kier molecular flexibility index (Phi) is 8.53. The molecule has 0 atom stereocenters. The van der Waals surface area contributed by atoms with E-state index in [1.807, 2.05) is 11.8 Å². The van der Waals surface area contributed by atoms with Crippen molar-refractivity contribution in [2.24, 2.45) is 0 Å². The van der Waals surface area contributed by atoms with E-state index in [9.17, 15) is 4.79 Å². The zero-order valence-corrected chi connectivity index (χ0v) is 11.8. The third kappa shape index (κ3) is 7.66. The normalized spacial score (nSPS) is 16.3. The third-order valence-corrected chi connectivity index (χ3v) is 3.95. The molecule has 1 amide bonds. The standard InChI is InChI=1S/C13H26N2OS/c1-17-10-6-2-5-9-14-13(16)11-15-12-7-3-4-8-12/h12,15H,2-11H2,1H3,(H,14,16). The summed E-state index contributed by atoms with van der Waals surface area (Å²) < 4.78 is 0. The molecule has 1 rings (SSSR count). The van der Waals surface area contributed by atoms with Gasteiger partial charge in [-0.15, -0.1) is 0 Å². The van der Waals surface area contributed by atoms with Crippen molar-refractivity contribution < 1.29 is 4.79 Å². The summed E-state index contributed by atoms with van der Waals surface area (Å²) in [6.45, 7) is 1.33. The summed E-state index contributed by atoms with van der Waals surface area (Å²) in [6.07, 6.45) is 10.8. The highest BCUT2D eigenvalue weighted by Gasteiger charge is 2.14. The largest absolute Gasteiger partial charge is 0.355 e. The molecule has 1 aliphatic rings. The second-order valence-corrected chi connectivity index (χ2v) is 5.75. The highest BCUT2D eigenvalue weighted by atomic mass is 32.2. The van der Waals surface area contributed by atoms with Gasteiger partial charge in [-0.25, -0.2) is 0 Å². The van der Waals surface area contributed by atoms with Gasteiger partial charge in [0.15, 0.2) is 0 Å². The van der Waals surface area contributed by atoms with E-state index in [4.69, 9.17) is 0 Å². The van der Waals surface area contributed by atoms with Crippen LogP contribution in [0, 0.1) is 0 Å². The quantitative estimate of drug-likeness (QED) is 0.623. The van der Waals surface area contributed by atoms with Crippen molar-refractivity contribution in [1.82, 2.24) is 10.6 Å².